The van der Waals surface area contributed by atoms with Gasteiger partial charge in [0.15, 0.2) is 12.4 Å². The zero-order valence-corrected chi connectivity index (χ0v) is 17.4. The van der Waals surface area contributed by atoms with Crippen LogP contribution in [0.5, 0.6) is 0 Å². The van der Waals surface area contributed by atoms with E-state index in [0.29, 0.717) is 0 Å². The van der Waals surface area contributed by atoms with Gasteiger partial charge in [-0.25, -0.2) is 4.79 Å². The molecule has 0 bridgehead atoms. The minimum absolute atomic E-state index is 0.213. The second-order valence-electron chi connectivity index (χ2n) is 7.68. The third-order valence-electron chi connectivity index (χ3n) is 4.75. The number of amides is 1. The van der Waals surface area contributed by atoms with Crippen LogP contribution in [0, 0.1) is 5.92 Å². The summed E-state index contributed by atoms with van der Waals surface area (Å²) in [5.74, 6) is -2.19. The molecule has 7 N–H and O–H groups in total. The highest BCUT2D eigenvalue weighted by atomic mass is 16.7. The number of aliphatic hydroxyl groups is 5. The lowest BCUT2D eigenvalue weighted by molar-refractivity contribution is -0.296. The Hall–Kier alpha value is -1.38. The lowest BCUT2D eigenvalue weighted by Gasteiger charge is -2.40. The van der Waals surface area contributed by atoms with E-state index in [2.05, 4.69) is 5.32 Å². The van der Waals surface area contributed by atoms with Gasteiger partial charge in [0.25, 0.3) is 0 Å². The van der Waals surface area contributed by atoms with Gasteiger partial charge in [-0.1, -0.05) is 13.8 Å². The number of aliphatic carboxylic acids is 1. The molecule has 176 valence electrons. The van der Waals surface area contributed by atoms with Crippen molar-refractivity contribution in [1.29, 1.82) is 0 Å². The first-order valence-electron chi connectivity index (χ1n) is 9.66. The van der Waals surface area contributed by atoms with Crippen molar-refractivity contribution in [1.82, 2.24) is 5.32 Å². The number of ether oxygens (including phenoxy) is 3. The maximum absolute atomic E-state index is 11.7. The smallest absolute Gasteiger partial charge is 0.335 e. The molecule has 0 aromatic heterocycles. The van der Waals surface area contributed by atoms with E-state index < -0.39 is 73.5 Å². The highest BCUT2D eigenvalue weighted by Crippen LogP contribution is 2.24. The normalized spacial score (nSPS) is 31.1. The first-order valence-corrected chi connectivity index (χ1v) is 9.66. The van der Waals surface area contributed by atoms with Gasteiger partial charge in [-0.15, -0.1) is 0 Å². The average Bonchev–Trinajstić information content (AvgIpc) is 2.64. The van der Waals surface area contributed by atoms with E-state index in [0.717, 1.165) is 0 Å². The Morgan fingerprint density at radius 3 is 2.13 bits per heavy atom. The molecule has 1 saturated heterocycles. The Labute approximate surface area is 174 Å². The van der Waals surface area contributed by atoms with Crippen LogP contribution in [-0.2, 0) is 23.8 Å². The number of carbonyl (C=O) groups excluding carboxylic acids is 1. The average molecular weight is 439 g/mol. The van der Waals surface area contributed by atoms with Crippen LogP contribution < -0.4 is 5.32 Å². The van der Waals surface area contributed by atoms with E-state index in [1.165, 1.54) is 13.8 Å². The Morgan fingerprint density at radius 1 is 1.10 bits per heavy atom. The molecule has 1 aliphatic rings. The van der Waals surface area contributed by atoms with Crippen molar-refractivity contribution in [3.63, 3.8) is 0 Å². The van der Waals surface area contributed by atoms with Crippen LogP contribution in [0.3, 0.4) is 0 Å². The van der Waals surface area contributed by atoms with Crippen LogP contribution in [0.1, 0.15) is 27.7 Å². The molecule has 1 amide bonds. The molecule has 7 unspecified atom stereocenters. The number of hydrogen-bond donors (Lipinski definition) is 7. The van der Waals surface area contributed by atoms with Gasteiger partial charge in [0.2, 0.25) is 5.91 Å². The number of carboxylic acids is 1. The summed E-state index contributed by atoms with van der Waals surface area (Å²) in [4.78, 5) is 22.9. The van der Waals surface area contributed by atoms with Crippen molar-refractivity contribution in [3.05, 3.63) is 0 Å². The Balaban J connectivity index is 2.97. The molecule has 0 aromatic carbocycles. The molecule has 0 spiro atoms. The summed E-state index contributed by atoms with van der Waals surface area (Å²) in [5.41, 5.74) is 0. The second-order valence-corrected chi connectivity index (χ2v) is 7.68. The zero-order chi connectivity index (χ0) is 23.2. The summed E-state index contributed by atoms with van der Waals surface area (Å²) in [6.07, 6.45) is -11.5. The van der Waals surface area contributed by atoms with Crippen molar-refractivity contribution in [3.8, 4) is 0 Å². The van der Waals surface area contributed by atoms with E-state index in [-0.39, 0.29) is 12.5 Å². The minimum atomic E-state index is -1.86. The van der Waals surface area contributed by atoms with Gasteiger partial charge in [0, 0.05) is 6.92 Å². The fraction of sp³-hybridized carbons (Fsp3) is 0.889. The van der Waals surface area contributed by atoms with Crippen molar-refractivity contribution in [2.24, 2.45) is 5.92 Å². The van der Waals surface area contributed by atoms with Crippen LogP contribution >= 0.6 is 0 Å². The Morgan fingerprint density at radius 2 is 1.70 bits per heavy atom. The van der Waals surface area contributed by atoms with E-state index in [9.17, 15) is 35.1 Å². The van der Waals surface area contributed by atoms with Gasteiger partial charge in [0.1, 0.15) is 24.4 Å². The third-order valence-corrected chi connectivity index (χ3v) is 4.75. The molecule has 1 aliphatic heterocycles. The van der Waals surface area contributed by atoms with Crippen LogP contribution in [0.15, 0.2) is 0 Å². The zero-order valence-electron chi connectivity index (χ0n) is 17.4. The van der Waals surface area contributed by atoms with E-state index >= 15 is 0 Å². The lowest BCUT2D eigenvalue weighted by atomic mass is 9.98. The van der Waals surface area contributed by atoms with E-state index in [1.54, 1.807) is 13.8 Å². The number of nitrogens with one attached hydrogen (secondary N) is 1. The molecule has 1 heterocycles. The van der Waals surface area contributed by atoms with E-state index in [4.69, 9.17) is 19.3 Å². The molecule has 0 aromatic rings. The molecule has 1 rings (SSSR count). The number of carboxylic acid groups (broad SMARTS) is 1. The molecule has 9 atom stereocenters. The first kappa shape index (κ1) is 26.7. The summed E-state index contributed by atoms with van der Waals surface area (Å²) in [6, 6.07) is -0.835. The summed E-state index contributed by atoms with van der Waals surface area (Å²) in [7, 11) is 0. The van der Waals surface area contributed by atoms with E-state index in [1.807, 2.05) is 0 Å². The standard InChI is InChI=1S/C18H33NO11/c1-7(2)15(29-11(5-20)8(3)21)10(19-9(4)22)6-28-18-14(25)12(23)13(24)16(30-18)17(26)27/h7-8,10-16,18,20-21,23-25H,5-6H2,1-4H3,(H,19,22)(H,26,27)/t8-,10-,11?,12?,13?,14?,15?,16?,18?/m0/s1. The monoisotopic (exact) mass is 439 g/mol. The fourth-order valence-electron chi connectivity index (χ4n) is 3.10. The van der Waals surface area contributed by atoms with Crippen LogP contribution in [-0.4, -0.2) is 111 Å². The van der Waals surface area contributed by atoms with Crippen molar-refractivity contribution < 1.29 is 54.4 Å². The number of hydrogen-bond acceptors (Lipinski definition) is 10. The molecule has 0 saturated carbocycles. The van der Waals surface area contributed by atoms with Gasteiger partial charge in [0.05, 0.1) is 31.5 Å². The van der Waals surface area contributed by atoms with Crippen molar-refractivity contribution in [2.45, 2.75) is 82.8 Å². The lowest BCUT2D eigenvalue weighted by Crippen LogP contribution is -2.61. The minimum Gasteiger partial charge on any atom is -0.479 e. The number of rotatable bonds is 11. The largest absolute Gasteiger partial charge is 0.479 e. The van der Waals surface area contributed by atoms with Crippen molar-refractivity contribution >= 4 is 11.9 Å². The summed E-state index contributed by atoms with van der Waals surface area (Å²) >= 11 is 0. The summed E-state index contributed by atoms with van der Waals surface area (Å²) < 4.78 is 16.3. The third kappa shape index (κ3) is 7.10. The maximum atomic E-state index is 11.7. The molecule has 12 heteroatoms. The van der Waals surface area contributed by atoms with Gasteiger partial charge >= 0.3 is 5.97 Å². The van der Waals surface area contributed by atoms with Crippen LogP contribution in [0.2, 0.25) is 0 Å². The predicted molar refractivity (Wildman–Crippen MR) is 100 cm³/mol. The molecule has 0 aliphatic carbocycles. The summed E-state index contributed by atoms with van der Waals surface area (Å²) in [5, 5.41) is 60.6. The number of aliphatic hydroxyl groups excluding tert-OH is 5. The maximum Gasteiger partial charge on any atom is 0.335 e. The topological polar surface area (TPSA) is 195 Å². The van der Waals surface area contributed by atoms with Crippen molar-refractivity contribution in [2.75, 3.05) is 13.2 Å². The van der Waals surface area contributed by atoms with Gasteiger partial charge in [-0.05, 0) is 12.8 Å². The molecule has 30 heavy (non-hydrogen) atoms. The first-order chi connectivity index (χ1) is 13.9. The molecule has 1 fully saturated rings. The highest BCUT2D eigenvalue weighted by Gasteiger charge is 2.47. The highest BCUT2D eigenvalue weighted by molar-refractivity contribution is 5.73. The van der Waals surface area contributed by atoms with Gasteiger partial charge < -0.3 is 50.2 Å². The molecular weight excluding hydrogens is 406 g/mol. The van der Waals surface area contributed by atoms with Crippen LogP contribution in [0.4, 0.5) is 0 Å². The van der Waals surface area contributed by atoms with Gasteiger partial charge in [-0.3, -0.25) is 4.79 Å². The number of carbonyl (C=O) groups is 2. The van der Waals surface area contributed by atoms with Gasteiger partial charge in [-0.2, -0.15) is 0 Å². The van der Waals surface area contributed by atoms with Crippen LogP contribution in [0.25, 0.3) is 0 Å². The Kier molecular flexibility index (Phi) is 10.5. The quantitative estimate of drug-likeness (QED) is 0.175. The SMILES string of the molecule is CC(=O)N[C@@H](COC1OC(C(=O)O)C(O)C(O)C1O)C(OC(CO)[C@H](C)O)C(C)C. The molecule has 12 nitrogen and oxygen atoms in total. The predicted octanol–water partition coefficient (Wildman–Crippen LogP) is -2.82. The Bertz CT molecular complexity index is 558. The molecular formula is C18H33NO11. The molecule has 0 radical (unpaired) electrons. The fourth-order valence-corrected chi connectivity index (χ4v) is 3.10. The second kappa shape index (κ2) is 11.9. The summed E-state index contributed by atoms with van der Waals surface area (Å²) in [6.45, 7) is 5.47.